The Morgan fingerprint density at radius 3 is 2.85 bits per heavy atom. The second-order valence-corrected chi connectivity index (χ2v) is 7.22. The van der Waals surface area contributed by atoms with Crippen LogP contribution in [0.15, 0.2) is 42.5 Å². The molecule has 0 aliphatic carbocycles. The molecule has 2 aromatic carbocycles. The number of hydrogen-bond acceptors (Lipinski definition) is 5. The van der Waals surface area contributed by atoms with Gasteiger partial charge in [-0.25, -0.2) is 4.98 Å². The van der Waals surface area contributed by atoms with Gasteiger partial charge in [-0.15, -0.1) is 11.3 Å². The number of hydrogen-bond donors (Lipinski definition) is 0. The second-order valence-electron chi connectivity index (χ2n) is 5.75. The summed E-state index contributed by atoms with van der Waals surface area (Å²) in [6.07, 6.45) is 0. The van der Waals surface area contributed by atoms with E-state index in [1.165, 1.54) is 6.07 Å². The molecule has 5 nitrogen and oxygen atoms in total. The molecule has 3 rings (SSSR count). The maximum Gasteiger partial charge on any atom is 0.260 e. The van der Waals surface area contributed by atoms with Gasteiger partial charge in [0, 0.05) is 7.05 Å². The number of benzene rings is 2. The third kappa shape index (κ3) is 3.79. The predicted molar refractivity (Wildman–Crippen MR) is 102 cm³/mol. The molecule has 0 aliphatic rings. The summed E-state index contributed by atoms with van der Waals surface area (Å²) in [5, 5.41) is 10.0. The molecule has 0 saturated heterocycles. The molecule has 0 spiro atoms. The van der Waals surface area contributed by atoms with Gasteiger partial charge in [0.1, 0.15) is 10.8 Å². The number of thiazole rings is 1. The molecule has 3 aromatic rings. The number of para-hydroxylation sites is 1. The van der Waals surface area contributed by atoms with Crippen molar-refractivity contribution < 1.29 is 9.53 Å². The van der Waals surface area contributed by atoms with E-state index in [2.05, 4.69) is 4.98 Å². The first-order valence-corrected chi connectivity index (χ1v) is 9.12. The highest BCUT2D eigenvalue weighted by Crippen LogP contribution is 2.29. The number of carbonyl (C=O) groups is 1. The summed E-state index contributed by atoms with van der Waals surface area (Å²) < 4.78 is 6.61. The Kier molecular flexibility index (Phi) is 5.40. The van der Waals surface area contributed by atoms with Crippen LogP contribution in [0.2, 0.25) is 5.02 Å². The Hall–Kier alpha value is -2.62. The van der Waals surface area contributed by atoms with Gasteiger partial charge in [0.25, 0.3) is 5.91 Å². The van der Waals surface area contributed by atoms with Gasteiger partial charge in [-0.05, 0) is 37.3 Å². The number of nitrogens with zero attached hydrogens (tertiary/aromatic N) is 3. The van der Waals surface area contributed by atoms with Gasteiger partial charge < -0.3 is 9.64 Å². The van der Waals surface area contributed by atoms with E-state index in [4.69, 9.17) is 21.6 Å². The number of carbonyl (C=O) groups excluding carboxylic acids is 1. The average molecular weight is 386 g/mol. The van der Waals surface area contributed by atoms with Crippen molar-refractivity contribution in [2.24, 2.45) is 0 Å². The molecule has 0 aliphatic heterocycles. The fourth-order valence-electron chi connectivity index (χ4n) is 2.38. The first-order valence-electron chi connectivity index (χ1n) is 7.93. The lowest BCUT2D eigenvalue weighted by atomic mass is 10.2. The highest BCUT2D eigenvalue weighted by atomic mass is 35.5. The van der Waals surface area contributed by atoms with Gasteiger partial charge >= 0.3 is 0 Å². The molecule has 0 unspecified atom stereocenters. The van der Waals surface area contributed by atoms with Crippen LogP contribution < -0.4 is 4.74 Å². The minimum atomic E-state index is -0.183. The molecule has 0 fully saturated rings. The van der Waals surface area contributed by atoms with E-state index < -0.39 is 0 Å². The molecule has 0 radical (unpaired) electrons. The van der Waals surface area contributed by atoms with Gasteiger partial charge in [-0.3, -0.25) is 4.79 Å². The molecule has 0 N–H and O–H groups in total. The quantitative estimate of drug-likeness (QED) is 0.652. The third-order valence-corrected chi connectivity index (χ3v) is 5.56. The molecule has 0 saturated carbocycles. The van der Waals surface area contributed by atoms with Crippen molar-refractivity contribution >= 4 is 39.1 Å². The molecule has 7 heteroatoms. The van der Waals surface area contributed by atoms with E-state index in [1.807, 2.05) is 37.3 Å². The number of nitriles is 1. The lowest BCUT2D eigenvalue weighted by molar-refractivity contribution is -0.134. The Morgan fingerprint density at radius 1 is 1.38 bits per heavy atom. The molecular formula is C19H16ClN3O2S. The van der Waals surface area contributed by atoms with E-state index in [0.29, 0.717) is 16.3 Å². The number of amides is 1. The van der Waals surface area contributed by atoms with Gasteiger partial charge in [0.05, 0.1) is 32.9 Å². The minimum absolute atomic E-state index is 0.142. The van der Waals surface area contributed by atoms with Gasteiger partial charge in [0.15, 0.2) is 6.61 Å². The molecule has 0 bridgehead atoms. The monoisotopic (exact) mass is 385 g/mol. The Bertz CT molecular complexity index is 963. The summed E-state index contributed by atoms with van der Waals surface area (Å²) in [5.41, 5.74) is 1.37. The van der Waals surface area contributed by atoms with Crippen LogP contribution in [0.25, 0.3) is 10.2 Å². The summed E-state index contributed by atoms with van der Waals surface area (Å²) in [6.45, 7) is 1.79. The van der Waals surface area contributed by atoms with Crippen molar-refractivity contribution in [2.45, 2.75) is 13.0 Å². The lowest BCUT2D eigenvalue weighted by Gasteiger charge is -2.23. The highest BCUT2D eigenvalue weighted by molar-refractivity contribution is 7.18. The van der Waals surface area contributed by atoms with Crippen molar-refractivity contribution in [3.05, 3.63) is 58.1 Å². The zero-order chi connectivity index (χ0) is 18.7. The van der Waals surface area contributed by atoms with Crippen LogP contribution in [0.4, 0.5) is 0 Å². The predicted octanol–water partition coefficient (Wildman–Crippen LogP) is 4.42. The van der Waals surface area contributed by atoms with E-state index in [-0.39, 0.29) is 18.6 Å². The summed E-state index contributed by atoms with van der Waals surface area (Å²) in [5.74, 6) is 0.192. The minimum Gasteiger partial charge on any atom is -0.482 e. The van der Waals surface area contributed by atoms with Gasteiger partial charge in [-0.1, -0.05) is 23.7 Å². The number of halogens is 1. The molecule has 1 amide bonds. The molecular weight excluding hydrogens is 370 g/mol. The summed E-state index contributed by atoms with van der Waals surface area (Å²) >= 11 is 7.64. The van der Waals surface area contributed by atoms with E-state index in [9.17, 15) is 4.79 Å². The summed E-state index contributed by atoms with van der Waals surface area (Å²) in [7, 11) is 1.73. The third-order valence-electron chi connectivity index (χ3n) is 4.05. The Balaban J connectivity index is 1.66. The van der Waals surface area contributed by atoms with E-state index in [1.54, 1.807) is 35.4 Å². The largest absolute Gasteiger partial charge is 0.482 e. The van der Waals surface area contributed by atoms with Gasteiger partial charge in [-0.2, -0.15) is 5.26 Å². The summed E-state index contributed by atoms with van der Waals surface area (Å²) in [6, 6.07) is 14.4. The van der Waals surface area contributed by atoms with E-state index in [0.717, 1.165) is 15.2 Å². The molecule has 132 valence electrons. The highest BCUT2D eigenvalue weighted by Gasteiger charge is 2.21. The van der Waals surface area contributed by atoms with Crippen LogP contribution in [0, 0.1) is 11.3 Å². The Labute approximate surface area is 160 Å². The first-order chi connectivity index (χ1) is 12.5. The smallest absolute Gasteiger partial charge is 0.260 e. The fourth-order valence-corrected chi connectivity index (χ4v) is 3.68. The van der Waals surface area contributed by atoms with Crippen LogP contribution in [0.3, 0.4) is 0 Å². The van der Waals surface area contributed by atoms with Crippen molar-refractivity contribution in [3.8, 4) is 11.8 Å². The van der Waals surface area contributed by atoms with Crippen LogP contribution in [-0.4, -0.2) is 29.4 Å². The maximum absolute atomic E-state index is 12.5. The number of fused-ring (bicyclic) bond motifs is 1. The second kappa shape index (κ2) is 7.73. The topological polar surface area (TPSA) is 66.2 Å². The SMILES string of the molecule is C[C@H](c1nc2ccccc2s1)N(C)C(=O)COc1ccc(C#N)cc1Cl. The maximum atomic E-state index is 12.5. The van der Waals surface area contributed by atoms with Gasteiger partial charge in [0.2, 0.25) is 0 Å². The summed E-state index contributed by atoms with van der Waals surface area (Å²) in [4.78, 5) is 18.7. The average Bonchev–Trinajstić information content (AvgIpc) is 3.09. The Morgan fingerprint density at radius 2 is 2.15 bits per heavy atom. The first kappa shape index (κ1) is 18.2. The number of likely N-dealkylation sites (N-methyl/N-ethyl adjacent to an activating group) is 1. The van der Waals surface area contributed by atoms with Crippen LogP contribution in [-0.2, 0) is 4.79 Å². The normalized spacial score (nSPS) is 11.8. The van der Waals surface area contributed by atoms with Crippen molar-refractivity contribution in [1.82, 2.24) is 9.88 Å². The van der Waals surface area contributed by atoms with Crippen LogP contribution in [0.5, 0.6) is 5.75 Å². The zero-order valence-corrected chi connectivity index (χ0v) is 15.8. The molecule has 1 aromatic heterocycles. The standard InChI is InChI=1S/C19H16ClN3O2S/c1-12(19-22-15-5-3-4-6-17(15)26-19)23(2)18(24)11-25-16-8-7-13(10-21)9-14(16)20/h3-9,12H,11H2,1-2H3/t12-/m1/s1. The van der Waals surface area contributed by atoms with Crippen molar-refractivity contribution in [1.29, 1.82) is 5.26 Å². The lowest BCUT2D eigenvalue weighted by Crippen LogP contribution is -2.33. The number of ether oxygens (including phenoxy) is 1. The van der Waals surface area contributed by atoms with Crippen LogP contribution in [0.1, 0.15) is 23.5 Å². The fraction of sp³-hybridized carbons (Fsp3) is 0.211. The molecule has 1 heterocycles. The number of rotatable bonds is 5. The molecule has 1 atom stereocenters. The van der Waals surface area contributed by atoms with Crippen molar-refractivity contribution in [3.63, 3.8) is 0 Å². The zero-order valence-electron chi connectivity index (χ0n) is 14.3. The van der Waals surface area contributed by atoms with E-state index >= 15 is 0 Å². The van der Waals surface area contributed by atoms with Crippen LogP contribution >= 0.6 is 22.9 Å². The number of aromatic nitrogens is 1. The molecule has 26 heavy (non-hydrogen) atoms. The van der Waals surface area contributed by atoms with Crippen molar-refractivity contribution in [2.75, 3.05) is 13.7 Å².